The first-order valence-electron chi connectivity index (χ1n) is 13.2. The van der Waals surface area contributed by atoms with Gasteiger partial charge in [-0.15, -0.1) is 0 Å². The summed E-state index contributed by atoms with van der Waals surface area (Å²) in [6.45, 7) is 8.06. The number of morpholine rings is 1. The summed E-state index contributed by atoms with van der Waals surface area (Å²) in [5.41, 5.74) is 2.26. The van der Waals surface area contributed by atoms with E-state index in [1.807, 2.05) is 66.6 Å². The van der Waals surface area contributed by atoms with Crippen LogP contribution in [0.15, 0.2) is 55.1 Å². The molecule has 0 bridgehead atoms. The van der Waals surface area contributed by atoms with Crippen molar-refractivity contribution in [2.45, 2.75) is 51.4 Å². The van der Waals surface area contributed by atoms with Crippen LogP contribution in [-0.2, 0) is 20.8 Å². The molecule has 1 unspecified atom stereocenters. The van der Waals surface area contributed by atoms with E-state index in [0.717, 1.165) is 35.4 Å². The Kier molecular flexibility index (Phi) is 7.64. The molecule has 2 fully saturated rings. The zero-order valence-corrected chi connectivity index (χ0v) is 23.4. The van der Waals surface area contributed by atoms with Gasteiger partial charge >= 0.3 is 6.09 Å². The minimum absolute atomic E-state index is 0.0255. The second-order valence-electron chi connectivity index (χ2n) is 11.2. The number of imidazole rings is 1. The summed E-state index contributed by atoms with van der Waals surface area (Å²) in [5.74, 6) is -0.0255. The Labute approximate surface area is 233 Å². The third kappa shape index (κ3) is 6.25. The van der Waals surface area contributed by atoms with Crippen LogP contribution in [0.4, 0.5) is 4.79 Å². The summed E-state index contributed by atoms with van der Waals surface area (Å²) < 4.78 is 13.7. The number of likely N-dealkylation sites (tertiary alicyclic amines) is 1. The molecule has 1 aromatic carbocycles. The minimum Gasteiger partial charge on any atom is -0.444 e. The molecule has 206 valence electrons. The smallest absolute Gasteiger partial charge is 0.410 e. The second-order valence-corrected chi connectivity index (χ2v) is 11.6. The third-order valence-corrected chi connectivity index (χ3v) is 7.26. The molecule has 0 N–H and O–H groups in total. The summed E-state index contributed by atoms with van der Waals surface area (Å²) in [6.07, 6.45) is 6.40. The minimum atomic E-state index is -0.597. The highest BCUT2D eigenvalue weighted by molar-refractivity contribution is 6.30. The Morgan fingerprint density at radius 1 is 1.03 bits per heavy atom. The molecule has 10 heteroatoms. The Bertz CT molecular complexity index is 1320. The van der Waals surface area contributed by atoms with Crippen LogP contribution in [-0.4, -0.2) is 80.3 Å². The molecule has 39 heavy (non-hydrogen) atoms. The van der Waals surface area contributed by atoms with Crippen LogP contribution in [0.5, 0.6) is 0 Å². The Morgan fingerprint density at radius 3 is 2.46 bits per heavy atom. The van der Waals surface area contributed by atoms with Gasteiger partial charge < -0.3 is 23.8 Å². The molecular weight excluding hydrogens is 518 g/mol. The maximum atomic E-state index is 13.7. The van der Waals surface area contributed by atoms with Crippen molar-refractivity contribution in [2.24, 2.45) is 0 Å². The predicted octanol–water partition coefficient (Wildman–Crippen LogP) is 4.89. The number of ether oxygens (including phenoxy) is 2. The van der Waals surface area contributed by atoms with Crippen LogP contribution in [0.1, 0.15) is 33.6 Å². The molecule has 2 aromatic heterocycles. The molecular formula is C29H34ClN5O4. The van der Waals surface area contributed by atoms with Gasteiger partial charge in [-0.25, -0.2) is 9.78 Å². The van der Waals surface area contributed by atoms with E-state index in [0.29, 0.717) is 37.8 Å². The summed E-state index contributed by atoms with van der Waals surface area (Å²) in [5, 5.41) is 0.646. The van der Waals surface area contributed by atoms with Crippen molar-refractivity contribution in [3.63, 3.8) is 0 Å². The van der Waals surface area contributed by atoms with E-state index >= 15 is 0 Å². The summed E-state index contributed by atoms with van der Waals surface area (Å²) >= 11 is 6.11. The van der Waals surface area contributed by atoms with Crippen LogP contribution < -0.4 is 0 Å². The van der Waals surface area contributed by atoms with E-state index < -0.39 is 11.2 Å². The van der Waals surface area contributed by atoms with Crippen molar-refractivity contribution in [3.8, 4) is 22.5 Å². The molecule has 2 aliphatic rings. The van der Waals surface area contributed by atoms with Crippen molar-refractivity contribution in [3.05, 3.63) is 60.1 Å². The average molecular weight is 552 g/mol. The lowest BCUT2D eigenvalue weighted by molar-refractivity contribution is -0.156. The number of piperidine rings is 1. The Morgan fingerprint density at radius 2 is 1.74 bits per heavy atom. The highest BCUT2D eigenvalue weighted by Crippen LogP contribution is 2.33. The largest absolute Gasteiger partial charge is 0.444 e. The predicted molar refractivity (Wildman–Crippen MR) is 148 cm³/mol. The molecule has 4 heterocycles. The van der Waals surface area contributed by atoms with Gasteiger partial charge in [0.2, 0.25) is 5.91 Å². The van der Waals surface area contributed by atoms with E-state index in [1.54, 1.807) is 23.6 Å². The number of benzene rings is 1. The van der Waals surface area contributed by atoms with E-state index in [2.05, 4.69) is 9.97 Å². The molecule has 9 nitrogen and oxygen atoms in total. The van der Waals surface area contributed by atoms with E-state index in [4.69, 9.17) is 21.1 Å². The molecule has 3 aromatic rings. The quantitative estimate of drug-likeness (QED) is 0.458. The maximum Gasteiger partial charge on any atom is 0.410 e. The van der Waals surface area contributed by atoms with Crippen molar-refractivity contribution in [1.82, 2.24) is 24.3 Å². The number of aromatic nitrogens is 3. The summed E-state index contributed by atoms with van der Waals surface area (Å²) in [4.78, 5) is 38.8. The van der Waals surface area contributed by atoms with Gasteiger partial charge in [0.1, 0.15) is 17.7 Å². The highest BCUT2D eigenvalue weighted by atomic mass is 35.5. The lowest BCUT2D eigenvalue weighted by atomic mass is 9.90. The molecule has 1 atom stereocenters. The SMILES string of the molecule is CC(C)(C)OC(=O)N1CCOC2(CCCN(C(=O)Cn3cnc(-c4ccc(Cl)cc4)c3-c3ccncc3)C2)C1. The van der Waals surface area contributed by atoms with Crippen molar-refractivity contribution < 1.29 is 19.1 Å². The number of nitrogens with zero attached hydrogens (tertiary/aromatic N) is 5. The fourth-order valence-electron chi connectivity index (χ4n) is 5.26. The molecule has 2 aliphatic heterocycles. The molecule has 0 radical (unpaired) electrons. The first-order valence-corrected chi connectivity index (χ1v) is 13.6. The van der Waals surface area contributed by atoms with Gasteiger partial charge in [0.15, 0.2) is 0 Å². The van der Waals surface area contributed by atoms with Crippen molar-refractivity contribution in [2.75, 3.05) is 32.8 Å². The maximum absolute atomic E-state index is 13.7. The number of pyridine rings is 1. The number of rotatable bonds is 4. The summed E-state index contributed by atoms with van der Waals surface area (Å²) in [6, 6.07) is 11.3. The van der Waals surface area contributed by atoms with E-state index in [1.165, 1.54) is 0 Å². The molecule has 5 rings (SSSR count). The molecule has 0 saturated carbocycles. The van der Waals surface area contributed by atoms with Gasteiger partial charge in [-0.1, -0.05) is 23.7 Å². The summed E-state index contributed by atoms with van der Waals surface area (Å²) in [7, 11) is 0. The van der Waals surface area contributed by atoms with Gasteiger partial charge in [-0.2, -0.15) is 0 Å². The van der Waals surface area contributed by atoms with Gasteiger partial charge in [0, 0.05) is 41.6 Å². The van der Waals surface area contributed by atoms with Crippen LogP contribution >= 0.6 is 11.6 Å². The van der Waals surface area contributed by atoms with Crippen molar-refractivity contribution >= 4 is 23.6 Å². The third-order valence-electron chi connectivity index (χ3n) is 7.01. The first kappa shape index (κ1) is 27.1. The monoisotopic (exact) mass is 551 g/mol. The van der Waals surface area contributed by atoms with Crippen LogP contribution in [0.25, 0.3) is 22.5 Å². The number of hydrogen-bond donors (Lipinski definition) is 0. The Balaban J connectivity index is 1.35. The Hall–Kier alpha value is -3.43. The van der Waals surface area contributed by atoms with Crippen molar-refractivity contribution in [1.29, 1.82) is 0 Å². The molecule has 2 saturated heterocycles. The van der Waals surface area contributed by atoms with Gasteiger partial charge in [0.05, 0.1) is 37.4 Å². The standard InChI is InChI=1S/C29H34ClN5O4/c1-28(2,3)39-27(37)34-15-16-38-29(19-34)11-4-14-33(18-29)24(36)17-35-20-32-25(21-5-7-23(30)8-6-21)26(35)22-9-12-31-13-10-22/h5-10,12-13,20H,4,11,14-19H2,1-3H3. The number of halogens is 1. The lowest BCUT2D eigenvalue weighted by Crippen LogP contribution is -2.62. The number of hydrogen-bond acceptors (Lipinski definition) is 6. The topological polar surface area (TPSA) is 89.8 Å². The van der Waals surface area contributed by atoms with Gasteiger partial charge in [-0.3, -0.25) is 9.78 Å². The number of amides is 2. The van der Waals surface area contributed by atoms with Crippen LogP contribution in [0.3, 0.4) is 0 Å². The average Bonchev–Trinajstić information content (AvgIpc) is 3.32. The van der Waals surface area contributed by atoms with E-state index in [9.17, 15) is 9.59 Å². The number of carbonyl (C=O) groups is 2. The zero-order valence-electron chi connectivity index (χ0n) is 22.6. The van der Waals surface area contributed by atoms with Crippen LogP contribution in [0, 0.1) is 0 Å². The zero-order chi connectivity index (χ0) is 27.6. The van der Waals surface area contributed by atoms with Gasteiger partial charge in [0.25, 0.3) is 0 Å². The van der Waals surface area contributed by atoms with Crippen LogP contribution in [0.2, 0.25) is 5.02 Å². The molecule has 1 spiro atoms. The fraction of sp³-hybridized carbons (Fsp3) is 0.448. The normalized spacial score (nSPS) is 19.8. The first-order chi connectivity index (χ1) is 18.6. The van der Waals surface area contributed by atoms with Gasteiger partial charge in [-0.05, 0) is 57.9 Å². The fourth-order valence-corrected chi connectivity index (χ4v) is 5.39. The second kappa shape index (κ2) is 11.0. The molecule has 0 aliphatic carbocycles. The number of carbonyl (C=O) groups excluding carboxylic acids is 2. The lowest BCUT2D eigenvalue weighted by Gasteiger charge is -2.48. The highest BCUT2D eigenvalue weighted by Gasteiger charge is 2.43. The van der Waals surface area contributed by atoms with E-state index in [-0.39, 0.29) is 18.5 Å². The molecule has 2 amide bonds.